The highest BCUT2D eigenvalue weighted by atomic mass is 16.5. The number of nitrogens with zero attached hydrogens (tertiary/aromatic N) is 1. The summed E-state index contributed by atoms with van der Waals surface area (Å²) in [5.74, 6) is 1.32. The van der Waals surface area contributed by atoms with Crippen LogP contribution in [0.1, 0.15) is 24.8 Å². The van der Waals surface area contributed by atoms with E-state index in [0.717, 1.165) is 25.3 Å². The van der Waals surface area contributed by atoms with Crippen molar-refractivity contribution in [3.05, 3.63) is 29.8 Å². The molecule has 4 nitrogen and oxygen atoms in total. The number of carbonyl (C=O) groups is 1. The Kier molecular flexibility index (Phi) is 3.87. The number of ether oxygens (including phenoxy) is 1. The van der Waals surface area contributed by atoms with Crippen LogP contribution < -0.4 is 10.5 Å². The van der Waals surface area contributed by atoms with Gasteiger partial charge >= 0.3 is 0 Å². The third kappa shape index (κ3) is 2.64. The van der Waals surface area contributed by atoms with E-state index in [9.17, 15) is 4.79 Å². The van der Waals surface area contributed by atoms with Gasteiger partial charge in [-0.25, -0.2) is 0 Å². The Balaban J connectivity index is 2.01. The van der Waals surface area contributed by atoms with Crippen molar-refractivity contribution in [2.24, 2.45) is 5.73 Å². The van der Waals surface area contributed by atoms with Crippen LogP contribution in [0.5, 0.6) is 5.75 Å². The molecular formula is C14H20N2O2. The second-order valence-corrected chi connectivity index (χ2v) is 4.83. The molecular weight excluding hydrogens is 228 g/mol. The van der Waals surface area contributed by atoms with Crippen molar-refractivity contribution < 1.29 is 9.53 Å². The molecule has 1 aliphatic heterocycles. The fraction of sp³-hybridized carbons (Fsp3) is 0.500. The monoisotopic (exact) mass is 248 g/mol. The first kappa shape index (κ1) is 12.9. The van der Waals surface area contributed by atoms with Gasteiger partial charge in [-0.3, -0.25) is 4.79 Å². The Morgan fingerprint density at radius 3 is 2.67 bits per heavy atom. The number of rotatable bonds is 3. The van der Waals surface area contributed by atoms with Crippen LogP contribution in [0.25, 0.3) is 0 Å². The van der Waals surface area contributed by atoms with E-state index >= 15 is 0 Å². The van der Waals surface area contributed by atoms with Crippen LogP contribution in [0, 0.1) is 0 Å². The summed E-state index contributed by atoms with van der Waals surface area (Å²) in [4.78, 5) is 13.7. The molecule has 1 heterocycles. The third-order valence-corrected chi connectivity index (χ3v) is 3.48. The fourth-order valence-corrected chi connectivity index (χ4v) is 2.40. The molecule has 98 valence electrons. The highest BCUT2D eigenvalue weighted by molar-refractivity contribution is 5.81. The molecule has 0 radical (unpaired) electrons. The van der Waals surface area contributed by atoms with E-state index < -0.39 is 6.04 Å². The highest BCUT2D eigenvalue weighted by Crippen LogP contribution is 2.28. The Morgan fingerprint density at radius 2 is 2.11 bits per heavy atom. The molecule has 2 rings (SSSR count). The predicted molar refractivity (Wildman–Crippen MR) is 70.6 cm³/mol. The number of benzene rings is 1. The van der Waals surface area contributed by atoms with Gasteiger partial charge in [-0.2, -0.15) is 0 Å². The minimum absolute atomic E-state index is 0.0472. The van der Waals surface area contributed by atoms with Gasteiger partial charge in [0.25, 0.3) is 0 Å². The van der Waals surface area contributed by atoms with Crippen LogP contribution in [-0.2, 0) is 4.79 Å². The standard InChI is InChI=1S/C14H20N2O2/c1-10(15)14(17)16-8-7-12(9-16)11-3-5-13(18-2)6-4-11/h3-6,10,12H,7-9,15H2,1-2H3/t10-,12?/m0/s1. The molecule has 0 aliphatic carbocycles. The zero-order valence-electron chi connectivity index (χ0n) is 10.9. The maximum absolute atomic E-state index is 11.8. The molecule has 0 aromatic heterocycles. The normalized spacial score (nSPS) is 20.8. The number of amides is 1. The van der Waals surface area contributed by atoms with Crippen molar-refractivity contribution in [1.29, 1.82) is 0 Å². The molecule has 1 unspecified atom stereocenters. The van der Waals surface area contributed by atoms with Gasteiger partial charge in [0.2, 0.25) is 5.91 Å². The van der Waals surface area contributed by atoms with Crippen LogP contribution in [0.4, 0.5) is 0 Å². The van der Waals surface area contributed by atoms with Gasteiger partial charge in [-0.1, -0.05) is 12.1 Å². The van der Waals surface area contributed by atoms with Gasteiger partial charge in [0.05, 0.1) is 13.2 Å². The van der Waals surface area contributed by atoms with Crippen molar-refractivity contribution in [2.45, 2.75) is 25.3 Å². The smallest absolute Gasteiger partial charge is 0.239 e. The number of likely N-dealkylation sites (tertiary alicyclic amines) is 1. The summed E-state index contributed by atoms with van der Waals surface area (Å²) in [6.45, 7) is 3.31. The molecule has 4 heteroatoms. The van der Waals surface area contributed by atoms with E-state index in [2.05, 4.69) is 12.1 Å². The number of hydrogen-bond acceptors (Lipinski definition) is 3. The van der Waals surface area contributed by atoms with Gasteiger partial charge in [-0.05, 0) is 31.0 Å². The van der Waals surface area contributed by atoms with Crippen LogP contribution in [0.3, 0.4) is 0 Å². The Morgan fingerprint density at radius 1 is 1.44 bits per heavy atom. The maximum Gasteiger partial charge on any atom is 0.239 e. The van der Waals surface area contributed by atoms with Gasteiger partial charge in [0.15, 0.2) is 0 Å². The molecule has 0 saturated carbocycles. The molecule has 1 saturated heterocycles. The summed E-state index contributed by atoms with van der Waals surface area (Å²) in [5.41, 5.74) is 6.89. The molecule has 1 aromatic carbocycles. The molecule has 1 aromatic rings. The first-order valence-electron chi connectivity index (χ1n) is 6.30. The average Bonchev–Trinajstić information content (AvgIpc) is 2.87. The summed E-state index contributed by atoms with van der Waals surface area (Å²) >= 11 is 0. The average molecular weight is 248 g/mol. The lowest BCUT2D eigenvalue weighted by atomic mass is 9.98. The van der Waals surface area contributed by atoms with Crippen LogP contribution in [0.15, 0.2) is 24.3 Å². The molecule has 2 atom stereocenters. The van der Waals surface area contributed by atoms with E-state index in [1.165, 1.54) is 5.56 Å². The molecule has 18 heavy (non-hydrogen) atoms. The Bertz CT molecular complexity index is 414. The summed E-state index contributed by atoms with van der Waals surface area (Å²) in [6, 6.07) is 7.67. The van der Waals surface area contributed by atoms with Crippen molar-refractivity contribution in [1.82, 2.24) is 4.90 Å². The number of methoxy groups -OCH3 is 1. The molecule has 0 spiro atoms. The fourth-order valence-electron chi connectivity index (χ4n) is 2.40. The van der Waals surface area contributed by atoms with Gasteiger partial charge in [-0.15, -0.1) is 0 Å². The lowest BCUT2D eigenvalue weighted by Gasteiger charge is -2.18. The van der Waals surface area contributed by atoms with E-state index in [-0.39, 0.29) is 5.91 Å². The van der Waals surface area contributed by atoms with Gasteiger partial charge in [0, 0.05) is 19.0 Å². The van der Waals surface area contributed by atoms with E-state index in [1.807, 2.05) is 17.0 Å². The zero-order chi connectivity index (χ0) is 13.1. The maximum atomic E-state index is 11.8. The van der Waals surface area contributed by atoms with E-state index in [0.29, 0.717) is 5.92 Å². The number of carbonyl (C=O) groups excluding carboxylic acids is 1. The molecule has 1 amide bonds. The van der Waals surface area contributed by atoms with Crippen molar-refractivity contribution in [3.8, 4) is 5.75 Å². The van der Waals surface area contributed by atoms with Crippen LogP contribution in [0.2, 0.25) is 0 Å². The summed E-state index contributed by atoms with van der Waals surface area (Å²) in [6.07, 6.45) is 1.00. The highest BCUT2D eigenvalue weighted by Gasteiger charge is 2.28. The topological polar surface area (TPSA) is 55.6 Å². The minimum atomic E-state index is -0.403. The summed E-state index contributed by atoms with van der Waals surface area (Å²) in [5, 5.41) is 0. The second kappa shape index (κ2) is 5.40. The SMILES string of the molecule is COc1ccc(C2CCN(C(=O)[C@H](C)N)C2)cc1. The van der Waals surface area contributed by atoms with E-state index in [1.54, 1.807) is 14.0 Å². The molecule has 0 bridgehead atoms. The number of nitrogens with two attached hydrogens (primary N) is 1. The van der Waals surface area contributed by atoms with Crippen molar-refractivity contribution in [2.75, 3.05) is 20.2 Å². The largest absolute Gasteiger partial charge is 0.497 e. The van der Waals surface area contributed by atoms with E-state index in [4.69, 9.17) is 10.5 Å². The lowest BCUT2D eigenvalue weighted by molar-refractivity contribution is -0.131. The van der Waals surface area contributed by atoms with Gasteiger partial charge in [0.1, 0.15) is 5.75 Å². The minimum Gasteiger partial charge on any atom is -0.497 e. The third-order valence-electron chi connectivity index (χ3n) is 3.48. The molecule has 1 aliphatic rings. The predicted octanol–water partition coefficient (Wildman–Crippen LogP) is 1.36. The molecule has 1 fully saturated rings. The number of hydrogen-bond donors (Lipinski definition) is 1. The van der Waals surface area contributed by atoms with Crippen LogP contribution in [-0.4, -0.2) is 37.0 Å². The zero-order valence-corrected chi connectivity index (χ0v) is 10.9. The molecule has 2 N–H and O–H groups in total. The van der Waals surface area contributed by atoms with Gasteiger partial charge < -0.3 is 15.4 Å². The Hall–Kier alpha value is -1.55. The lowest BCUT2D eigenvalue weighted by Crippen LogP contribution is -2.40. The second-order valence-electron chi connectivity index (χ2n) is 4.83. The summed E-state index contributed by atoms with van der Waals surface area (Å²) in [7, 11) is 1.66. The van der Waals surface area contributed by atoms with Crippen molar-refractivity contribution >= 4 is 5.91 Å². The first-order valence-corrected chi connectivity index (χ1v) is 6.30. The van der Waals surface area contributed by atoms with Crippen LogP contribution >= 0.6 is 0 Å². The Labute approximate surface area is 108 Å². The quantitative estimate of drug-likeness (QED) is 0.878. The summed E-state index contributed by atoms with van der Waals surface area (Å²) < 4.78 is 5.14. The van der Waals surface area contributed by atoms with Crippen molar-refractivity contribution in [3.63, 3.8) is 0 Å². The first-order chi connectivity index (χ1) is 8.61.